The predicted octanol–water partition coefficient (Wildman–Crippen LogP) is 3.54. The van der Waals surface area contributed by atoms with Gasteiger partial charge in [0.25, 0.3) is 0 Å². The summed E-state index contributed by atoms with van der Waals surface area (Å²) < 4.78 is 14.1. The van der Waals surface area contributed by atoms with Gasteiger partial charge in [-0.1, -0.05) is 29.8 Å². The van der Waals surface area contributed by atoms with Crippen molar-refractivity contribution in [3.05, 3.63) is 54.1 Å². The first kappa shape index (κ1) is 10.9. The van der Waals surface area contributed by atoms with Gasteiger partial charge in [-0.3, -0.25) is 0 Å². The molecule has 4 heteroatoms. The van der Waals surface area contributed by atoms with Crippen LogP contribution in [0.25, 0.3) is 0 Å². The molecule has 0 spiro atoms. The molecule has 0 aliphatic carbocycles. The Morgan fingerprint density at radius 1 is 1.06 bits per heavy atom. The van der Waals surface area contributed by atoms with Gasteiger partial charge in [0.15, 0.2) is 11.0 Å². The standard InChI is InChI=1S/C13H11NOS2/c1-10-6-8-11(9-7-10)14-16-12-4-2-3-5-13(12)17(14)15/h2-9H,1H3. The smallest absolute Gasteiger partial charge is 0.164 e. The van der Waals surface area contributed by atoms with E-state index in [1.54, 1.807) is 0 Å². The van der Waals surface area contributed by atoms with E-state index < -0.39 is 11.0 Å². The largest absolute Gasteiger partial charge is 0.230 e. The van der Waals surface area contributed by atoms with Crippen molar-refractivity contribution in [2.75, 3.05) is 3.71 Å². The first-order valence-electron chi connectivity index (χ1n) is 5.31. The lowest BCUT2D eigenvalue weighted by Crippen LogP contribution is -2.11. The van der Waals surface area contributed by atoms with E-state index in [-0.39, 0.29) is 0 Å². The molecule has 1 aliphatic rings. The van der Waals surface area contributed by atoms with E-state index >= 15 is 0 Å². The minimum atomic E-state index is -1.10. The molecule has 1 heterocycles. The van der Waals surface area contributed by atoms with Crippen LogP contribution in [0.5, 0.6) is 0 Å². The van der Waals surface area contributed by atoms with Gasteiger partial charge in [-0.15, -0.1) is 0 Å². The van der Waals surface area contributed by atoms with Crippen LogP contribution < -0.4 is 3.71 Å². The summed E-state index contributed by atoms with van der Waals surface area (Å²) in [6.45, 7) is 2.05. The zero-order valence-corrected chi connectivity index (χ0v) is 10.9. The van der Waals surface area contributed by atoms with E-state index in [0.717, 1.165) is 15.5 Å². The number of rotatable bonds is 1. The lowest BCUT2D eigenvalue weighted by molar-refractivity contribution is 0.684. The summed E-state index contributed by atoms with van der Waals surface area (Å²) in [5.74, 6) is 0. The molecule has 3 rings (SSSR count). The number of hydrogen-bond donors (Lipinski definition) is 0. The Morgan fingerprint density at radius 3 is 2.47 bits per heavy atom. The average molecular weight is 261 g/mol. The fourth-order valence-electron chi connectivity index (χ4n) is 1.70. The molecule has 1 atom stereocenters. The number of benzene rings is 2. The maximum atomic E-state index is 12.3. The van der Waals surface area contributed by atoms with Crippen LogP contribution in [0.4, 0.5) is 5.69 Å². The van der Waals surface area contributed by atoms with Crippen molar-refractivity contribution in [2.24, 2.45) is 0 Å². The quantitative estimate of drug-likeness (QED) is 0.732. The summed E-state index contributed by atoms with van der Waals surface area (Å²) in [6, 6.07) is 15.9. The third kappa shape index (κ3) is 1.87. The average Bonchev–Trinajstić information content (AvgIpc) is 2.69. The molecule has 0 saturated carbocycles. The maximum absolute atomic E-state index is 12.3. The third-order valence-corrected chi connectivity index (χ3v) is 5.55. The van der Waals surface area contributed by atoms with E-state index in [0.29, 0.717) is 0 Å². The summed E-state index contributed by atoms with van der Waals surface area (Å²) >= 11 is 1.54. The molecule has 86 valence electrons. The molecule has 0 radical (unpaired) electrons. The molecule has 0 aromatic heterocycles. The summed E-state index contributed by atoms with van der Waals surface area (Å²) in [6.07, 6.45) is 0. The van der Waals surface area contributed by atoms with Gasteiger partial charge >= 0.3 is 0 Å². The summed E-state index contributed by atoms with van der Waals surface area (Å²) in [7, 11) is -1.10. The van der Waals surface area contributed by atoms with Crippen LogP contribution in [0, 0.1) is 6.92 Å². The van der Waals surface area contributed by atoms with Crippen LogP contribution in [0.3, 0.4) is 0 Å². The van der Waals surface area contributed by atoms with Crippen LogP contribution in [0.15, 0.2) is 58.3 Å². The molecule has 1 unspecified atom stereocenters. The normalized spacial score (nSPS) is 18.2. The molecular formula is C13H11NOS2. The molecular weight excluding hydrogens is 250 g/mol. The Kier molecular flexibility index (Phi) is 2.68. The molecule has 0 fully saturated rings. The highest BCUT2D eigenvalue weighted by Gasteiger charge is 2.28. The van der Waals surface area contributed by atoms with E-state index in [2.05, 4.69) is 0 Å². The summed E-state index contributed by atoms with van der Waals surface area (Å²) in [4.78, 5) is 1.98. The fraction of sp³-hybridized carbons (Fsp3) is 0.0769. The van der Waals surface area contributed by atoms with E-state index in [1.165, 1.54) is 17.5 Å². The van der Waals surface area contributed by atoms with Crippen LogP contribution >= 0.6 is 11.9 Å². The van der Waals surface area contributed by atoms with E-state index in [1.807, 2.05) is 59.2 Å². The highest BCUT2D eigenvalue weighted by Crippen LogP contribution is 2.42. The molecule has 17 heavy (non-hydrogen) atoms. The van der Waals surface area contributed by atoms with Crippen molar-refractivity contribution in [1.82, 2.24) is 0 Å². The number of aryl methyl sites for hydroxylation is 1. The number of nitrogens with zero attached hydrogens (tertiary/aromatic N) is 1. The van der Waals surface area contributed by atoms with Gasteiger partial charge in [-0.25, -0.2) is 7.92 Å². The Morgan fingerprint density at radius 2 is 1.76 bits per heavy atom. The molecule has 0 N–H and O–H groups in total. The zero-order chi connectivity index (χ0) is 11.8. The van der Waals surface area contributed by atoms with E-state index in [9.17, 15) is 4.21 Å². The van der Waals surface area contributed by atoms with Crippen molar-refractivity contribution < 1.29 is 4.21 Å². The van der Waals surface area contributed by atoms with Gasteiger partial charge in [-0.05, 0) is 31.2 Å². The fourth-order valence-corrected chi connectivity index (χ4v) is 4.41. The van der Waals surface area contributed by atoms with Gasteiger partial charge in [0.2, 0.25) is 0 Å². The van der Waals surface area contributed by atoms with Gasteiger partial charge in [0, 0.05) is 16.8 Å². The van der Waals surface area contributed by atoms with Crippen molar-refractivity contribution in [2.45, 2.75) is 16.7 Å². The zero-order valence-electron chi connectivity index (χ0n) is 9.29. The van der Waals surface area contributed by atoms with Gasteiger partial charge in [0.05, 0.1) is 10.6 Å². The van der Waals surface area contributed by atoms with Gasteiger partial charge in [0.1, 0.15) is 0 Å². The number of anilines is 1. The van der Waals surface area contributed by atoms with Crippen LogP contribution in [0.1, 0.15) is 5.56 Å². The third-order valence-electron chi connectivity index (χ3n) is 2.61. The highest BCUT2D eigenvalue weighted by atomic mass is 32.2. The molecule has 2 aromatic carbocycles. The Balaban J connectivity index is 1.99. The number of fused-ring (bicyclic) bond motifs is 1. The molecule has 0 saturated heterocycles. The predicted molar refractivity (Wildman–Crippen MR) is 72.4 cm³/mol. The van der Waals surface area contributed by atoms with Gasteiger partial charge < -0.3 is 0 Å². The molecule has 2 aromatic rings. The Hall–Kier alpha value is -1.26. The SMILES string of the molecule is Cc1ccc(N2Sc3ccccc3S2=O)cc1. The second kappa shape index (κ2) is 4.20. The Bertz CT molecular complexity index is 580. The highest BCUT2D eigenvalue weighted by molar-refractivity contribution is 8.14. The van der Waals surface area contributed by atoms with Crippen molar-refractivity contribution in [3.63, 3.8) is 0 Å². The van der Waals surface area contributed by atoms with Crippen LogP contribution in [0.2, 0.25) is 0 Å². The maximum Gasteiger partial charge on any atom is 0.164 e. The van der Waals surface area contributed by atoms with Crippen LogP contribution in [-0.4, -0.2) is 4.21 Å². The minimum Gasteiger partial charge on any atom is -0.230 e. The lowest BCUT2D eigenvalue weighted by Gasteiger charge is -2.14. The number of hydrogen-bond acceptors (Lipinski definition) is 2. The van der Waals surface area contributed by atoms with Crippen molar-refractivity contribution in [1.29, 1.82) is 0 Å². The first-order valence-corrected chi connectivity index (χ1v) is 7.19. The van der Waals surface area contributed by atoms with Crippen molar-refractivity contribution in [3.8, 4) is 0 Å². The minimum absolute atomic E-state index is 0.901. The van der Waals surface area contributed by atoms with E-state index in [4.69, 9.17) is 0 Å². The Labute approximate surface area is 107 Å². The first-order chi connectivity index (χ1) is 8.25. The van der Waals surface area contributed by atoms with Crippen molar-refractivity contribution >= 4 is 28.6 Å². The molecule has 2 nitrogen and oxygen atoms in total. The summed E-state index contributed by atoms with van der Waals surface area (Å²) in [5.41, 5.74) is 2.19. The molecule has 0 bridgehead atoms. The molecule has 1 aliphatic heterocycles. The second-order valence-electron chi connectivity index (χ2n) is 3.88. The second-order valence-corrected chi connectivity index (χ2v) is 6.40. The summed E-state index contributed by atoms with van der Waals surface area (Å²) in [5, 5.41) is 0. The lowest BCUT2D eigenvalue weighted by atomic mass is 10.2. The molecule has 0 amide bonds. The monoisotopic (exact) mass is 261 g/mol. The van der Waals surface area contributed by atoms with Gasteiger partial charge in [-0.2, -0.15) is 0 Å². The van der Waals surface area contributed by atoms with Crippen LogP contribution in [-0.2, 0) is 11.0 Å². The topological polar surface area (TPSA) is 20.3 Å².